The van der Waals surface area contributed by atoms with Crippen molar-refractivity contribution in [2.75, 3.05) is 18.0 Å². The van der Waals surface area contributed by atoms with Crippen molar-refractivity contribution in [3.8, 4) is 5.75 Å². The highest BCUT2D eigenvalue weighted by Crippen LogP contribution is 2.25. The molecule has 0 aliphatic carbocycles. The molecule has 0 bridgehead atoms. The number of ether oxygens (including phenoxy) is 1. The third-order valence-corrected chi connectivity index (χ3v) is 5.67. The van der Waals surface area contributed by atoms with Gasteiger partial charge in [-0.25, -0.2) is 0 Å². The van der Waals surface area contributed by atoms with Gasteiger partial charge >= 0.3 is 0 Å². The van der Waals surface area contributed by atoms with Crippen molar-refractivity contribution in [1.82, 2.24) is 5.32 Å². The van der Waals surface area contributed by atoms with Crippen LogP contribution in [-0.2, 0) is 4.79 Å². The minimum absolute atomic E-state index is 0.0640. The van der Waals surface area contributed by atoms with Crippen molar-refractivity contribution < 1.29 is 9.53 Å². The Morgan fingerprint density at radius 3 is 2.36 bits per heavy atom. The summed E-state index contributed by atoms with van der Waals surface area (Å²) in [6.07, 6.45) is 1.97. The first kappa shape index (κ1) is 20.2. The number of nitrogens with one attached hydrogen (secondary N) is 1. The van der Waals surface area contributed by atoms with Gasteiger partial charge in [0.05, 0.1) is 6.04 Å². The number of hydrogen-bond donors (Lipinski definition) is 1. The van der Waals surface area contributed by atoms with Gasteiger partial charge in [-0.05, 0) is 68.9 Å². The van der Waals surface area contributed by atoms with Crippen LogP contribution in [0.25, 0.3) is 0 Å². The number of carbonyl (C=O) groups is 1. The second-order valence-electron chi connectivity index (χ2n) is 8.02. The Kier molecular flexibility index (Phi) is 6.61. The predicted octanol–water partition coefficient (Wildman–Crippen LogP) is 4.88. The standard InChI is InChI=1S/C24H32N2O2/c1-17-13-15-26(16-14-17)22-11-9-21(10-12-22)19(3)25-24(27)20(4)28-23-8-6-5-7-18(23)2/h5-12,17,19-20H,13-16H2,1-4H3,(H,25,27)/t19-,20+/m0/s1. The molecular weight excluding hydrogens is 348 g/mol. The minimum atomic E-state index is -0.543. The molecule has 0 radical (unpaired) electrons. The Balaban J connectivity index is 1.55. The molecule has 4 heteroatoms. The first-order chi connectivity index (χ1) is 13.4. The number of rotatable bonds is 6. The molecule has 1 heterocycles. The van der Waals surface area contributed by atoms with Crippen LogP contribution in [0.5, 0.6) is 5.75 Å². The summed E-state index contributed by atoms with van der Waals surface area (Å²) in [6, 6.07) is 16.3. The molecule has 0 spiro atoms. The van der Waals surface area contributed by atoms with E-state index in [1.165, 1.54) is 18.5 Å². The third-order valence-electron chi connectivity index (χ3n) is 5.67. The molecule has 150 valence electrons. The van der Waals surface area contributed by atoms with Gasteiger partial charge in [0.2, 0.25) is 0 Å². The van der Waals surface area contributed by atoms with Crippen LogP contribution >= 0.6 is 0 Å². The van der Waals surface area contributed by atoms with Crippen LogP contribution in [0.2, 0.25) is 0 Å². The molecule has 1 aliphatic heterocycles. The van der Waals surface area contributed by atoms with E-state index in [-0.39, 0.29) is 11.9 Å². The molecule has 3 rings (SSSR count). The fraction of sp³-hybridized carbons (Fsp3) is 0.458. The molecule has 1 fully saturated rings. The van der Waals surface area contributed by atoms with E-state index in [0.717, 1.165) is 35.9 Å². The topological polar surface area (TPSA) is 41.6 Å². The Labute approximate surface area is 168 Å². The Bertz CT molecular complexity index is 779. The van der Waals surface area contributed by atoms with Gasteiger partial charge in [0, 0.05) is 18.8 Å². The molecule has 2 aromatic carbocycles. The quantitative estimate of drug-likeness (QED) is 0.777. The fourth-order valence-corrected chi connectivity index (χ4v) is 3.59. The highest BCUT2D eigenvalue weighted by Gasteiger charge is 2.19. The van der Waals surface area contributed by atoms with Gasteiger partial charge in [0.15, 0.2) is 6.10 Å². The number of hydrogen-bond acceptors (Lipinski definition) is 3. The smallest absolute Gasteiger partial charge is 0.261 e. The predicted molar refractivity (Wildman–Crippen MR) is 115 cm³/mol. The van der Waals surface area contributed by atoms with Crippen molar-refractivity contribution >= 4 is 11.6 Å². The van der Waals surface area contributed by atoms with E-state index >= 15 is 0 Å². The molecule has 2 aromatic rings. The van der Waals surface area contributed by atoms with Crippen LogP contribution in [0.3, 0.4) is 0 Å². The van der Waals surface area contributed by atoms with E-state index in [4.69, 9.17) is 4.74 Å². The van der Waals surface area contributed by atoms with Gasteiger partial charge in [-0.3, -0.25) is 4.79 Å². The maximum Gasteiger partial charge on any atom is 0.261 e. The lowest BCUT2D eigenvalue weighted by Crippen LogP contribution is -2.38. The Morgan fingerprint density at radius 1 is 1.07 bits per heavy atom. The summed E-state index contributed by atoms with van der Waals surface area (Å²) in [5, 5.41) is 3.06. The van der Waals surface area contributed by atoms with Gasteiger partial charge in [0.25, 0.3) is 5.91 Å². The van der Waals surface area contributed by atoms with E-state index in [1.807, 2.05) is 38.1 Å². The number of carbonyl (C=O) groups excluding carboxylic acids is 1. The molecule has 28 heavy (non-hydrogen) atoms. The number of nitrogens with zero attached hydrogens (tertiary/aromatic N) is 1. The molecule has 0 aromatic heterocycles. The lowest BCUT2D eigenvalue weighted by Gasteiger charge is -2.32. The van der Waals surface area contributed by atoms with E-state index in [9.17, 15) is 4.79 Å². The molecule has 1 aliphatic rings. The summed E-state index contributed by atoms with van der Waals surface area (Å²) >= 11 is 0. The summed E-state index contributed by atoms with van der Waals surface area (Å²) in [4.78, 5) is 15.0. The monoisotopic (exact) mass is 380 g/mol. The zero-order valence-corrected chi connectivity index (χ0v) is 17.4. The molecular formula is C24H32N2O2. The van der Waals surface area contributed by atoms with E-state index in [2.05, 4.69) is 41.4 Å². The zero-order chi connectivity index (χ0) is 20.1. The summed E-state index contributed by atoms with van der Waals surface area (Å²) in [5.74, 6) is 1.47. The Hall–Kier alpha value is -2.49. The SMILES string of the molecule is Cc1ccccc1O[C@H](C)C(=O)N[C@@H](C)c1ccc(N2CCC(C)CC2)cc1. The fourth-order valence-electron chi connectivity index (χ4n) is 3.59. The van der Waals surface area contributed by atoms with Gasteiger partial charge in [0.1, 0.15) is 5.75 Å². The number of benzene rings is 2. The number of para-hydroxylation sites is 1. The van der Waals surface area contributed by atoms with Gasteiger partial charge in [-0.1, -0.05) is 37.3 Å². The van der Waals surface area contributed by atoms with Crippen LogP contribution in [0, 0.1) is 12.8 Å². The zero-order valence-electron chi connectivity index (χ0n) is 17.4. The van der Waals surface area contributed by atoms with Crippen LogP contribution < -0.4 is 15.0 Å². The number of anilines is 1. The third kappa shape index (κ3) is 5.06. The summed E-state index contributed by atoms with van der Waals surface area (Å²) in [5.41, 5.74) is 3.40. The molecule has 0 saturated carbocycles. The average molecular weight is 381 g/mol. The number of aryl methyl sites for hydroxylation is 1. The molecule has 1 N–H and O–H groups in total. The molecule has 2 atom stereocenters. The maximum absolute atomic E-state index is 12.5. The normalized spacial score (nSPS) is 17.1. The number of amides is 1. The van der Waals surface area contributed by atoms with Gasteiger partial charge in [-0.2, -0.15) is 0 Å². The molecule has 1 amide bonds. The largest absolute Gasteiger partial charge is 0.481 e. The Morgan fingerprint density at radius 2 is 1.71 bits per heavy atom. The lowest BCUT2D eigenvalue weighted by molar-refractivity contribution is -0.127. The minimum Gasteiger partial charge on any atom is -0.481 e. The van der Waals surface area contributed by atoms with Crippen molar-refractivity contribution in [1.29, 1.82) is 0 Å². The molecule has 0 unspecified atom stereocenters. The summed E-state index contributed by atoms with van der Waals surface area (Å²) in [7, 11) is 0. The van der Waals surface area contributed by atoms with E-state index in [0.29, 0.717) is 0 Å². The number of piperidine rings is 1. The van der Waals surface area contributed by atoms with Crippen LogP contribution in [0.4, 0.5) is 5.69 Å². The van der Waals surface area contributed by atoms with Crippen LogP contribution in [0.15, 0.2) is 48.5 Å². The van der Waals surface area contributed by atoms with Gasteiger partial charge in [-0.15, -0.1) is 0 Å². The summed E-state index contributed by atoms with van der Waals surface area (Å²) < 4.78 is 5.83. The van der Waals surface area contributed by atoms with E-state index < -0.39 is 6.10 Å². The van der Waals surface area contributed by atoms with Crippen molar-refractivity contribution in [3.05, 3.63) is 59.7 Å². The lowest BCUT2D eigenvalue weighted by atomic mass is 9.98. The van der Waals surface area contributed by atoms with Crippen LogP contribution in [-0.4, -0.2) is 25.1 Å². The first-order valence-corrected chi connectivity index (χ1v) is 10.3. The van der Waals surface area contributed by atoms with Crippen LogP contribution in [0.1, 0.15) is 50.8 Å². The maximum atomic E-state index is 12.5. The van der Waals surface area contributed by atoms with E-state index in [1.54, 1.807) is 6.92 Å². The highest BCUT2D eigenvalue weighted by atomic mass is 16.5. The highest BCUT2D eigenvalue weighted by molar-refractivity contribution is 5.81. The summed E-state index contributed by atoms with van der Waals surface area (Å²) in [6.45, 7) is 10.4. The second-order valence-corrected chi connectivity index (χ2v) is 8.02. The van der Waals surface area contributed by atoms with Crippen molar-refractivity contribution in [2.45, 2.75) is 52.7 Å². The second kappa shape index (κ2) is 9.13. The molecule has 1 saturated heterocycles. The molecule has 4 nitrogen and oxygen atoms in total. The van der Waals surface area contributed by atoms with Crippen molar-refractivity contribution in [2.24, 2.45) is 5.92 Å². The van der Waals surface area contributed by atoms with Gasteiger partial charge < -0.3 is 15.0 Å². The average Bonchev–Trinajstić information content (AvgIpc) is 2.70. The first-order valence-electron chi connectivity index (χ1n) is 10.3. The van der Waals surface area contributed by atoms with Crippen molar-refractivity contribution in [3.63, 3.8) is 0 Å².